The molecule has 160 valence electrons. The normalized spacial score (nSPS) is 11.8. The third-order valence-corrected chi connectivity index (χ3v) is 4.96. The molecule has 2 heterocycles. The Bertz CT molecular complexity index is 1240. The summed E-state index contributed by atoms with van der Waals surface area (Å²) in [5.74, 6) is -1.68. The van der Waals surface area contributed by atoms with E-state index in [1.54, 1.807) is 24.3 Å². The van der Waals surface area contributed by atoms with Gasteiger partial charge in [-0.3, -0.25) is 4.79 Å². The summed E-state index contributed by atoms with van der Waals surface area (Å²) in [7, 11) is 0. The molecule has 0 aliphatic carbocycles. The maximum Gasteiger partial charge on any atom is 0.471 e. The Kier molecular flexibility index (Phi) is 5.26. The first-order chi connectivity index (χ1) is 14.7. The number of carbonyl (C=O) groups is 1. The van der Waals surface area contributed by atoms with Crippen LogP contribution in [-0.2, 0) is 12.7 Å². The van der Waals surface area contributed by atoms with Crippen molar-refractivity contribution in [1.29, 1.82) is 0 Å². The third kappa shape index (κ3) is 4.30. The summed E-state index contributed by atoms with van der Waals surface area (Å²) in [6.07, 6.45) is -2.76. The van der Waals surface area contributed by atoms with Crippen LogP contribution in [0.25, 0.3) is 22.3 Å². The first-order valence-corrected chi connectivity index (χ1v) is 9.58. The number of alkyl halides is 3. The lowest BCUT2D eigenvalue weighted by Crippen LogP contribution is -2.27. The van der Waals surface area contributed by atoms with Gasteiger partial charge in [-0.15, -0.1) is 0 Å². The zero-order chi connectivity index (χ0) is 22.2. The van der Waals surface area contributed by atoms with E-state index in [9.17, 15) is 18.0 Å². The van der Waals surface area contributed by atoms with E-state index in [0.29, 0.717) is 24.2 Å². The third-order valence-electron chi connectivity index (χ3n) is 4.96. The van der Waals surface area contributed by atoms with Crippen LogP contribution in [0.5, 0.6) is 0 Å². The number of fused-ring (bicyclic) bond motifs is 1. The van der Waals surface area contributed by atoms with Crippen LogP contribution < -0.4 is 5.32 Å². The summed E-state index contributed by atoms with van der Waals surface area (Å²) in [5.41, 5.74) is 3.88. The van der Waals surface area contributed by atoms with Crippen LogP contribution in [0.4, 0.5) is 13.2 Å². The highest BCUT2D eigenvalue weighted by atomic mass is 19.4. The molecule has 0 spiro atoms. The van der Waals surface area contributed by atoms with E-state index >= 15 is 0 Å². The van der Waals surface area contributed by atoms with E-state index in [4.69, 9.17) is 0 Å². The van der Waals surface area contributed by atoms with Gasteiger partial charge in [-0.1, -0.05) is 35.0 Å². The Morgan fingerprint density at radius 1 is 1.13 bits per heavy atom. The Balaban J connectivity index is 1.53. The SMILES string of the molecule is Cc1ccc(C(=O)NCCn2cc(C)c3ccc(-c4noc(C(F)(F)F)n4)cc32)cc1. The van der Waals surface area contributed by atoms with Crippen molar-refractivity contribution >= 4 is 16.8 Å². The van der Waals surface area contributed by atoms with Crippen LogP contribution in [0.2, 0.25) is 0 Å². The van der Waals surface area contributed by atoms with Crippen molar-refractivity contribution in [2.75, 3.05) is 6.54 Å². The van der Waals surface area contributed by atoms with Crippen LogP contribution in [0.1, 0.15) is 27.4 Å². The number of rotatable bonds is 5. The second kappa shape index (κ2) is 7.90. The van der Waals surface area contributed by atoms with Crippen molar-refractivity contribution in [3.05, 3.63) is 71.2 Å². The number of carbonyl (C=O) groups excluding carboxylic acids is 1. The standard InChI is InChI=1S/C22H19F3N4O2/c1-13-3-5-15(6-4-13)20(30)26-9-10-29-12-14(2)17-8-7-16(11-18(17)29)19-27-21(31-28-19)22(23,24)25/h3-8,11-12H,9-10H2,1-2H3,(H,26,30). The number of amides is 1. The van der Waals surface area contributed by atoms with Crippen LogP contribution in [-0.4, -0.2) is 27.2 Å². The van der Waals surface area contributed by atoms with Gasteiger partial charge in [0.05, 0.1) is 0 Å². The molecule has 0 atom stereocenters. The van der Waals surface area contributed by atoms with Crippen molar-refractivity contribution in [1.82, 2.24) is 20.0 Å². The van der Waals surface area contributed by atoms with Gasteiger partial charge in [0, 0.05) is 41.3 Å². The topological polar surface area (TPSA) is 73.0 Å². The molecule has 0 bridgehead atoms. The highest BCUT2D eigenvalue weighted by Crippen LogP contribution is 2.31. The highest BCUT2D eigenvalue weighted by molar-refractivity contribution is 5.94. The number of hydrogen-bond acceptors (Lipinski definition) is 4. The van der Waals surface area contributed by atoms with Gasteiger partial charge in [0.25, 0.3) is 5.91 Å². The van der Waals surface area contributed by atoms with Crippen LogP contribution >= 0.6 is 0 Å². The van der Waals surface area contributed by atoms with Gasteiger partial charge in [0.1, 0.15) is 0 Å². The molecule has 0 aliphatic heterocycles. The molecule has 31 heavy (non-hydrogen) atoms. The van der Waals surface area contributed by atoms with Crippen molar-refractivity contribution < 1.29 is 22.5 Å². The smallest absolute Gasteiger partial charge is 0.350 e. The number of aryl methyl sites for hydroxylation is 2. The second-order valence-corrected chi connectivity index (χ2v) is 7.28. The molecule has 0 fully saturated rings. The largest absolute Gasteiger partial charge is 0.471 e. The number of benzene rings is 2. The van der Waals surface area contributed by atoms with Gasteiger partial charge in [-0.25, -0.2) is 0 Å². The summed E-state index contributed by atoms with van der Waals surface area (Å²) in [6, 6.07) is 12.5. The molecule has 0 saturated heterocycles. The van der Waals surface area contributed by atoms with Crippen molar-refractivity contribution in [3.63, 3.8) is 0 Å². The molecule has 6 nitrogen and oxygen atoms in total. The molecule has 4 rings (SSSR count). The fraction of sp³-hybridized carbons (Fsp3) is 0.227. The minimum absolute atomic E-state index is 0.132. The van der Waals surface area contributed by atoms with Gasteiger partial charge >= 0.3 is 12.1 Å². The van der Waals surface area contributed by atoms with E-state index in [1.807, 2.05) is 42.8 Å². The van der Waals surface area contributed by atoms with Crippen molar-refractivity contribution in [2.45, 2.75) is 26.6 Å². The molecule has 1 amide bonds. The minimum atomic E-state index is -4.69. The summed E-state index contributed by atoms with van der Waals surface area (Å²) in [6.45, 7) is 4.78. The molecule has 0 unspecified atom stereocenters. The molecule has 0 aliphatic rings. The van der Waals surface area contributed by atoms with Crippen molar-refractivity contribution in [3.8, 4) is 11.4 Å². The quantitative estimate of drug-likeness (QED) is 0.498. The summed E-state index contributed by atoms with van der Waals surface area (Å²) >= 11 is 0. The number of halogens is 3. The average molecular weight is 428 g/mol. The van der Waals surface area contributed by atoms with Gasteiger partial charge < -0.3 is 14.4 Å². The number of hydrogen-bond donors (Lipinski definition) is 1. The molecule has 2 aromatic heterocycles. The number of nitrogens with one attached hydrogen (secondary N) is 1. The highest BCUT2D eigenvalue weighted by Gasteiger charge is 2.38. The zero-order valence-corrected chi connectivity index (χ0v) is 16.8. The van der Waals surface area contributed by atoms with Gasteiger partial charge in [-0.05, 0) is 37.6 Å². The molecule has 4 aromatic rings. The first kappa shape index (κ1) is 20.6. The Morgan fingerprint density at radius 2 is 1.87 bits per heavy atom. The molecular weight excluding hydrogens is 409 g/mol. The summed E-state index contributed by atoms with van der Waals surface area (Å²) in [5, 5.41) is 7.28. The Morgan fingerprint density at radius 3 is 2.55 bits per heavy atom. The Labute approximate surface area is 175 Å². The molecule has 2 aromatic carbocycles. The monoisotopic (exact) mass is 428 g/mol. The Hall–Kier alpha value is -3.62. The number of aromatic nitrogens is 3. The fourth-order valence-electron chi connectivity index (χ4n) is 3.35. The predicted molar refractivity (Wildman–Crippen MR) is 108 cm³/mol. The maximum absolute atomic E-state index is 12.7. The van der Waals surface area contributed by atoms with Gasteiger partial charge in [0.15, 0.2) is 0 Å². The second-order valence-electron chi connectivity index (χ2n) is 7.28. The van der Waals surface area contributed by atoms with Crippen molar-refractivity contribution in [2.24, 2.45) is 0 Å². The molecular formula is C22H19F3N4O2. The molecule has 1 N–H and O–H groups in total. The number of nitrogens with zero attached hydrogens (tertiary/aromatic N) is 3. The van der Waals surface area contributed by atoms with Crippen LogP contribution in [0.3, 0.4) is 0 Å². The van der Waals surface area contributed by atoms with E-state index in [0.717, 1.165) is 22.0 Å². The predicted octanol–water partition coefficient (Wildman–Crippen LogP) is 4.76. The zero-order valence-electron chi connectivity index (χ0n) is 16.8. The summed E-state index contributed by atoms with van der Waals surface area (Å²) in [4.78, 5) is 15.7. The average Bonchev–Trinajstić information content (AvgIpc) is 3.34. The lowest BCUT2D eigenvalue weighted by Gasteiger charge is -2.08. The van der Waals surface area contributed by atoms with Gasteiger partial charge in [-0.2, -0.15) is 18.2 Å². The lowest BCUT2D eigenvalue weighted by atomic mass is 10.1. The first-order valence-electron chi connectivity index (χ1n) is 9.58. The van der Waals surface area contributed by atoms with Crippen LogP contribution in [0.15, 0.2) is 53.2 Å². The van der Waals surface area contributed by atoms with E-state index in [2.05, 4.69) is 20.0 Å². The fourth-order valence-corrected chi connectivity index (χ4v) is 3.35. The van der Waals surface area contributed by atoms with Gasteiger partial charge in [0.2, 0.25) is 5.82 Å². The van der Waals surface area contributed by atoms with E-state index in [1.165, 1.54) is 0 Å². The lowest BCUT2D eigenvalue weighted by molar-refractivity contribution is -0.159. The molecule has 9 heteroatoms. The van der Waals surface area contributed by atoms with E-state index < -0.39 is 12.1 Å². The summed E-state index contributed by atoms with van der Waals surface area (Å²) < 4.78 is 44.5. The molecule has 0 saturated carbocycles. The maximum atomic E-state index is 12.7. The molecule has 0 radical (unpaired) electrons. The van der Waals surface area contributed by atoms with E-state index in [-0.39, 0.29) is 11.7 Å². The van der Waals surface area contributed by atoms with Crippen LogP contribution in [0, 0.1) is 13.8 Å². The minimum Gasteiger partial charge on any atom is -0.350 e.